The van der Waals surface area contributed by atoms with Crippen molar-refractivity contribution in [1.82, 2.24) is 15.2 Å². The van der Waals surface area contributed by atoms with Gasteiger partial charge in [-0.1, -0.05) is 23.8 Å². The molecular formula is C20H27N3O2. The Labute approximate surface area is 150 Å². The third-order valence-electron chi connectivity index (χ3n) is 4.21. The summed E-state index contributed by atoms with van der Waals surface area (Å²) in [6.07, 6.45) is 3.51. The number of ether oxygens (including phenoxy) is 1. The van der Waals surface area contributed by atoms with Crippen LogP contribution in [-0.4, -0.2) is 36.2 Å². The van der Waals surface area contributed by atoms with Gasteiger partial charge >= 0.3 is 6.03 Å². The van der Waals surface area contributed by atoms with Gasteiger partial charge in [0.1, 0.15) is 0 Å². The lowest BCUT2D eigenvalue weighted by Gasteiger charge is -2.23. The molecule has 5 nitrogen and oxygen atoms in total. The van der Waals surface area contributed by atoms with Crippen molar-refractivity contribution in [2.45, 2.75) is 33.9 Å². The van der Waals surface area contributed by atoms with Gasteiger partial charge in [-0.3, -0.25) is 4.98 Å². The van der Waals surface area contributed by atoms with Crippen LogP contribution in [0, 0.1) is 20.8 Å². The third-order valence-corrected chi connectivity index (χ3v) is 4.21. The number of hydrogen-bond donors (Lipinski definition) is 1. The van der Waals surface area contributed by atoms with E-state index in [2.05, 4.69) is 43.2 Å². The summed E-state index contributed by atoms with van der Waals surface area (Å²) in [5, 5.41) is 3.04. The lowest BCUT2D eigenvalue weighted by atomic mass is 10.00. The summed E-state index contributed by atoms with van der Waals surface area (Å²) in [6.45, 7) is 8.31. The number of pyridine rings is 1. The van der Waals surface area contributed by atoms with Crippen LogP contribution in [0.1, 0.15) is 27.8 Å². The Bertz CT molecular complexity index is 678. The molecule has 0 atom stereocenters. The zero-order valence-corrected chi connectivity index (χ0v) is 15.5. The number of methoxy groups -OCH3 is 1. The highest BCUT2D eigenvalue weighted by atomic mass is 16.5. The number of aromatic nitrogens is 1. The average molecular weight is 341 g/mol. The highest BCUT2D eigenvalue weighted by Crippen LogP contribution is 2.16. The number of carbonyl (C=O) groups excluding carboxylic acids is 1. The second kappa shape index (κ2) is 9.18. The standard InChI is InChI=1S/C20H27N3O2/c1-15-10-16(2)19(17(3)11-15)13-22-20(24)23(8-9-25-4)14-18-6-5-7-21-12-18/h5-7,10-12H,8-9,13-14H2,1-4H3,(H,22,24). The van der Waals surface area contributed by atoms with Crippen LogP contribution in [0.3, 0.4) is 0 Å². The molecule has 0 aliphatic heterocycles. The molecule has 134 valence electrons. The summed E-state index contributed by atoms with van der Waals surface area (Å²) < 4.78 is 5.14. The highest BCUT2D eigenvalue weighted by molar-refractivity contribution is 5.74. The van der Waals surface area contributed by atoms with Crippen LogP contribution in [0.15, 0.2) is 36.7 Å². The number of aryl methyl sites for hydroxylation is 3. The lowest BCUT2D eigenvalue weighted by Crippen LogP contribution is -2.41. The maximum Gasteiger partial charge on any atom is 0.318 e. The van der Waals surface area contributed by atoms with Gasteiger partial charge in [0, 0.05) is 39.1 Å². The van der Waals surface area contributed by atoms with E-state index in [0.29, 0.717) is 26.2 Å². The number of carbonyl (C=O) groups is 1. The monoisotopic (exact) mass is 341 g/mol. The van der Waals surface area contributed by atoms with Gasteiger partial charge < -0.3 is 15.0 Å². The number of nitrogens with one attached hydrogen (secondary N) is 1. The summed E-state index contributed by atoms with van der Waals surface area (Å²) in [5.74, 6) is 0. The number of hydrogen-bond acceptors (Lipinski definition) is 3. The average Bonchev–Trinajstić information content (AvgIpc) is 2.58. The summed E-state index contributed by atoms with van der Waals surface area (Å²) in [4.78, 5) is 18.5. The van der Waals surface area contributed by atoms with Crippen LogP contribution in [0.25, 0.3) is 0 Å². The SMILES string of the molecule is COCCN(Cc1cccnc1)C(=O)NCc1c(C)cc(C)cc1C. The van der Waals surface area contributed by atoms with E-state index in [0.717, 1.165) is 5.56 Å². The van der Waals surface area contributed by atoms with Gasteiger partial charge in [0.2, 0.25) is 0 Å². The van der Waals surface area contributed by atoms with E-state index < -0.39 is 0 Å². The smallest absolute Gasteiger partial charge is 0.318 e. The fourth-order valence-corrected chi connectivity index (χ4v) is 2.93. The molecular weight excluding hydrogens is 314 g/mol. The number of urea groups is 1. The minimum atomic E-state index is -0.0970. The van der Waals surface area contributed by atoms with E-state index in [1.54, 1.807) is 24.4 Å². The largest absolute Gasteiger partial charge is 0.383 e. The molecule has 2 aromatic rings. The van der Waals surface area contributed by atoms with Crippen molar-refractivity contribution in [3.8, 4) is 0 Å². The molecule has 2 rings (SSSR count). The molecule has 0 bridgehead atoms. The van der Waals surface area contributed by atoms with Gasteiger partial charge in [-0.25, -0.2) is 4.79 Å². The second-order valence-corrected chi connectivity index (χ2v) is 6.31. The van der Waals surface area contributed by atoms with Gasteiger partial charge in [-0.15, -0.1) is 0 Å². The van der Waals surface area contributed by atoms with Crippen molar-refractivity contribution in [2.24, 2.45) is 0 Å². The quantitative estimate of drug-likeness (QED) is 0.840. The first-order chi connectivity index (χ1) is 12.0. The van der Waals surface area contributed by atoms with Crippen molar-refractivity contribution in [3.05, 3.63) is 64.5 Å². The highest BCUT2D eigenvalue weighted by Gasteiger charge is 2.14. The Kier molecular flexibility index (Phi) is 6.95. The number of nitrogens with zero attached hydrogens (tertiary/aromatic N) is 2. The minimum absolute atomic E-state index is 0.0970. The first-order valence-corrected chi connectivity index (χ1v) is 8.48. The van der Waals surface area contributed by atoms with Crippen molar-refractivity contribution >= 4 is 6.03 Å². The number of benzene rings is 1. The molecule has 1 aromatic heterocycles. The van der Waals surface area contributed by atoms with Crippen LogP contribution in [0.5, 0.6) is 0 Å². The van der Waals surface area contributed by atoms with Crippen LogP contribution in [0.2, 0.25) is 0 Å². The maximum absolute atomic E-state index is 12.7. The van der Waals surface area contributed by atoms with E-state index in [4.69, 9.17) is 4.74 Å². The molecule has 0 aliphatic carbocycles. The number of amides is 2. The summed E-state index contributed by atoms with van der Waals surface area (Å²) in [7, 11) is 1.64. The Morgan fingerprint density at radius 3 is 2.56 bits per heavy atom. The molecule has 5 heteroatoms. The second-order valence-electron chi connectivity index (χ2n) is 6.31. The molecule has 1 heterocycles. The molecule has 0 saturated carbocycles. The normalized spacial score (nSPS) is 10.6. The molecule has 0 unspecified atom stereocenters. The van der Waals surface area contributed by atoms with Crippen molar-refractivity contribution in [2.75, 3.05) is 20.3 Å². The van der Waals surface area contributed by atoms with Gasteiger partial charge in [0.05, 0.1) is 6.61 Å². The first-order valence-electron chi connectivity index (χ1n) is 8.48. The zero-order valence-electron chi connectivity index (χ0n) is 15.5. The molecule has 0 spiro atoms. The molecule has 0 radical (unpaired) electrons. The fraction of sp³-hybridized carbons (Fsp3) is 0.400. The Hall–Kier alpha value is -2.40. The molecule has 0 aliphatic rings. The maximum atomic E-state index is 12.7. The third kappa shape index (κ3) is 5.57. The molecule has 1 aromatic carbocycles. The van der Waals surface area contributed by atoms with E-state index >= 15 is 0 Å². The van der Waals surface area contributed by atoms with Crippen LogP contribution in [-0.2, 0) is 17.8 Å². The predicted molar refractivity (Wildman–Crippen MR) is 99.4 cm³/mol. The summed E-state index contributed by atoms with van der Waals surface area (Å²) in [6, 6.07) is 8.04. The van der Waals surface area contributed by atoms with Gasteiger partial charge in [-0.05, 0) is 49.1 Å². The summed E-state index contributed by atoms with van der Waals surface area (Å²) >= 11 is 0. The first kappa shape index (κ1) is 18.9. The fourth-order valence-electron chi connectivity index (χ4n) is 2.93. The van der Waals surface area contributed by atoms with E-state index in [9.17, 15) is 4.79 Å². The van der Waals surface area contributed by atoms with Crippen molar-refractivity contribution < 1.29 is 9.53 Å². The van der Waals surface area contributed by atoms with E-state index in [1.807, 2.05) is 12.1 Å². The Balaban J connectivity index is 2.04. The van der Waals surface area contributed by atoms with Gasteiger partial charge in [0.25, 0.3) is 0 Å². The summed E-state index contributed by atoms with van der Waals surface area (Å²) in [5.41, 5.74) is 5.81. The van der Waals surface area contributed by atoms with E-state index in [1.165, 1.54) is 22.3 Å². The molecule has 25 heavy (non-hydrogen) atoms. The van der Waals surface area contributed by atoms with Crippen LogP contribution < -0.4 is 5.32 Å². The molecule has 0 saturated heterocycles. The molecule has 2 amide bonds. The zero-order chi connectivity index (χ0) is 18.2. The van der Waals surface area contributed by atoms with Gasteiger partial charge in [0.15, 0.2) is 0 Å². The lowest BCUT2D eigenvalue weighted by molar-refractivity contribution is 0.146. The van der Waals surface area contributed by atoms with Crippen molar-refractivity contribution in [3.63, 3.8) is 0 Å². The molecule has 1 N–H and O–H groups in total. The number of rotatable bonds is 7. The molecule has 0 fully saturated rings. The van der Waals surface area contributed by atoms with Crippen LogP contribution in [0.4, 0.5) is 4.79 Å². The Morgan fingerprint density at radius 2 is 1.96 bits per heavy atom. The van der Waals surface area contributed by atoms with Crippen molar-refractivity contribution in [1.29, 1.82) is 0 Å². The predicted octanol–water partition coefficient (Wildman–Crippen LogP) is 3.37. The minimum Gasteiger partial charge on any atom is -0.383 e. The Morgan fingerprint density at radius 1 is 1.24 bits per heavy atom. The topological polar surface area (TPSA) is 54.5 Å². The van der Waals surface area contributed by atoms with Crippen LogP contribution >= 0.6 is 0 Å². The van der Waals surface area contributed by atoms with E-state index in [-0.39, 0.29) is 6.03 Å². The van der Waals surface area contributed by atoms with Gasteiger partial charge in [-0.2, -0.15) is 0 Å².